The highest BCUT2D eigenvalue weighted by molar-refractivity contribution is 7.97. The van der Waals surface area contributed by atoms with Gasteiger partial charge in [0.05, 0.1) is 17.9 Å². The maximum Gasteiger partial charge on any atom is 0.387 e. The highest BCUT2D eigenvalue weighted by atomic mass is 32.2. The van der Waals surface area contributed by atoms with Crippen LogP contribution in [-0.2, 0) is 9.59 Å². The third-order valence-corrected chi connectivity index (χ3v) is 10.2. The van der Waals surface area contributed by atoms with Crippen LogP contribution in [0.1, 0.15) is 74.6 Å². The maximum absolute atomic E-state index is 14.0. The second-order valence-corrected chi connectivity index (χ2v) is 13.3. The number of rotatable bonds is 16. The first kappa shape index (κ1) is 35.8. The van der Waals surface area contributed by atoms with Crippen LogP contribution in [0.15, 0.2) is 30.6 Å². The Bertz CT molecular complexity index is 1480. The molecule has 2 N–H and O–H groups in total. The van der Waals surface area contributed by atoms with Crippen LogP contribution >= 0.6 is 11.9 Å². The number of fused-ring (bicyclic) bond motifs is 1. The van der Waals surface area contributed by atoms with E-state index in [1.54, 1.807) is 6.07 Å². The third kappa shape index (κ3) is 9.56. The van der Waals surface area contributed by atoms with Crippen molar-refractivity contribution in [3.05, 3.63) is 41.9 Å². The first-order valence-corrected chi connectivity index (χ1v) is 17.3. The van der Waals surface area contributed by atoms with E-state index in [4.69, 9.17) is 0 Å². The topological polar surface area (TPSA) is 118 Å². The number of nitrogens with one attached hydrogen (secondary N) is 2. The predicted molar refractivity (Wildman–Crippen MR) is 175 cm³/mol. The summed E-state index contributed by atoms with van der Waals surface area (Å²) in [5.74, 6) is 1.39. The molecule has 0 aliphatic carbocycles. The molecule has 2 aliphatic heterocycles. The summed E-state index contributed by atoms with van der Waals surface area (Å²) in [5, 5.41) is 10.3. The van der Waals surface area contributed by atoms with E-state index >= 15 is 0 Å². The molecule has 1 aromatic carbocycles. The van der Waals surface area contributed by atoms with Gasteiger partial charge in [0.1, 0.15) is 18.0 Å². The van der Waals surface area contributed by atoms with Gasteiger partial charge in [-0.15, -0.1) is 0 Å². The van der Waals surface area contributed by atoms with E-state index < -0.39 is 19.1 Å². The quantitative estimate of drug-likeness (QED) is 0.0871. The van der Waals surface area contributed by atoms with Gasteiger partial charge in [0.15, 0.2) is 5.75 Å². The summed E-state index contributed by atoms with van der Waals surface area (Å²) in [6, 6.07) is 4.96. The molecule has 1 atom stereocenters. The fourth-order valence-electron chi connectivity index (χ4n) is 6.34. The van der Waals surface area contributed by atoms with Crippen molar-refractivity contribution in [2.45, 2.75) is 76.0 Å². The number of likely N-dealkylation sites (tertiary alicyclic amines) is 1. The fraction of sp³-hybridized carbons (Fsp3) is 0.594. The maximum atomic E-state index is 14.0. The third-order valence-electron chi connectivity index (χ3n) is 8.97. The number of ether oxygens (including phenoxy) is 1. The summed E-state index contributed by atoms with van der Waals surface area (Å²) < 4.78 is 60.6. The van der Waals surface area contributed by atoms with Crippen LogP contribution in [-0.4, -0.2) is 99.3 Å². The van der Waals surface area contributed by atoms with E-state index in [1.165, 1.54) is 24.1 Å². The Hall–Kier alpha value is -3.50. The Balaban J connectivity index is 1.03. The smallest absolute Gasteiger partial charge is 0.387 e. The zero-order valence-electron chi connectivity index (χ0n) is 26.9. The summed E-state index contributed by atoms with van der Waals surface area (Å²) in [5.41, 5.74) is 1.15. The summed E-state index contributed by atoms with van der Waals surface area (Å²) >= 11 is 1.86. The molecule has 4 heterocycles. The van der Waals surface area contributed by atoms with Crippen molar-refractivity contribution in [3.63, 3.8) is 0 Å². The second-order valence-electron chi connectivity index (χ2n) is 12.1. The van der Waals surface area contributed by atoms with Crippen LogP contribution in [0.4, 0.5) is 23.5 Å². The molecule has 0 saturated carbocycles. The predicted octanol–water partition coefficient (Wildman–Crippen LogP) is 5.43. The Morgan fingerprint density at radius 1 is 1.08 bits per heavy atom. The molecular weight excluding hydrogens is 652 g/mol. The molecule has 1 amide bonds. The Labute approximate surface area is 281 Å². The normalized spacial score (nSPS) is 17.6. The number of anilines is 1. The van der Waals surface area contributed by atoms with Crippen LogP contribution in [0.25, 0.3) is 10.9 Å². The van der Waals surface area contributed by atoms with E-state index in [1.807, 2.05) is 24.1 Å². The van der Waals surface area contributed by atoms with E-state index in [0.29, 0.717) is 23.1 Å². The number of carbonyl (C=O) groups is 2. The van der Waals surface area contributed by atoms with E-state index in [-0.39, 0.29) is 42.2 Å². The van der Waals surface area contributed by atoms with Crippen LogP contribution in [0.3, 0.4) is 0 Å². The zero-order valence-corrected chi connectivity index (χ0v) is 27.7. The standard InChI is InChI=1S/C32H42F4N8O3S/c1-37-28(46)6-4-24(20-45)44-27-5-3-22(17-26(27)29(41-44)30(33)34)21-7-12-42(13-8-21)11-2-16-48-43-14-9-23(10-15-43)40-32-38-18-25(19-39-32)47-31(35)36/h3,5,17-21,23-24,30-31H,2,4,6-16H2,1H3,(H,37,46)(H,38,39,40). The molecule has 3 aromatic rings. The summed E-state index contributed by atoms with van der Waals surface area (Å²) in [4.78, 5) is 34.1. The van der Waals surface area contributed by atoms with Gasteiger partial charge < -0.3 is 25.1 Å². The number of piperidine rings is 2. The first-order chi connectivity index (χ1) is 23.2. The van der Waals surface area contributed by atoms with Crippen LogP contribution < -0.4 is 15.4 Å². The lowest BCUT2D eigenvalue weighted by molar-refractivity contribution is -0.121. The van der Waals surface area contributed by atoms with Gasteiger partial charge in [-0.2, -0.15) is 13.9 Å². The molecule has 16 heteroatoms. The zero-order chi connectivity index (χ0) is 34.0. The molecule has 1 unspecified atom stereocenters. The molecule has 2 saturated heterocycles. The lowest BCUT2D eigenvalue weighted by atomic mass is 9.88. The van der Waals surface area contributed by atoms with Crippen molar-refractivity contribution < 1.29 is 31.9 Å². The molecule has 2 aliphatic rings. The Kier molecular flexibility index (Phi) is 12.9. The number of aromatic nitrogens is 4. The number of halogens is 4. The monoisotopic (exact) mass is 694 g/mol. The van der Waals surface area contributed by atoms with Crippen LogP contribution in [0, 0.1) is 0 Å². The van der Waals surface area contributed by atoms with Gasteiger partial charge in [0.2, 0.25) is 11.9 Å². The summed E-state index contributed by atoms with van der Waals surface area (Å²) in [6.45, 7) is 1.85. The minimum absolute atomic E-state index is 0.0675. The lowest BCUT2D eigenvalue weighted by Gasteiger charge is -2.33. The number of alkyl halides is 4. The number of benzene rings is 1. The van der Waals surface area contributed by atoms with Crippen LogP contribution in [0.2, 0.25) is 0 Å². The van der Waals surface area contributed by atoms with Crippen molar-refractivity contribution in [1.82, 2.24) is 34.3 Å². The molecular formula is C32H42F4N8O3S. The van der Waals surface area contributed by atoms with E-state index in [9.17, 15) is 27.2 Å². The number of carbonyl (C=O) groups excluding carboxylic acids is 2. The molecule has 262 valence electrons. The Morgan fingerprint density at radius 2 is 1.81 bits per heavy atom. The molecule has 2 fully saturated rings. The molecule has 0 radical (unpaired) electrons. The summed E-state index contributed by atoms with van der Waals surface area (Å²) in [7, 11) is 1.51. The average Bonchev–Trinajstić information content (AvgIpc) is 3.47. The molecule has 0 bridgehead atoms. The molecule has 11 nitrogen and oxygen atoms in total. The molecule has 5 rings (SSSR count). The lowest BCUT2D eigenvalue weighted by Crippen LogP contribution is -2.36. The number of nitrogens with zero attached hydrogens (tertiary/aromatic N) is 6. The first-order valence-electron chi connectivity index (χ1n) is 16.3. The molecule has 2 aromatic heterocycles. The van der Waals surface area contributed by atoms with Gasteiger partial charge in [0, 0.05) is 43.7 Å². The van der Waals surface area contributed by atoms with Crippen molar-refractivity contribution in [3.8, 4) is 5.75 Å². The van der Waals surface area contributed by atoms with Gasteiger partial charge in [-0.25, -0.2) is 18.7 Å². The highest BCUT2D eigenvalue weighted by Gasteiger charge is 2.26. The largest absolute Gasteiger partial charge is 0.432 e. The van der Waals surface area contributed by atoms with Gasteiger partial charge >= 0.3 is 6.61 Å². The molecule has 48 heavy (non-hydrogen) atoms. The van der Waals surface area contributed by atoms with Crippen LogP contribution in [0.5, 0.6) is 5.75 Å². The van der Waals surface area contributed by atoms with Crippen molar-refractivity contribution >= 4 is 41.0 Å². The van der Waals surface area contributed by atoms with Gasteiger partial charge in [0.25, 0.3) is 6.43 Å². The number of amides is 1. The van der Waals surface area contributed by atoms with E-state index in [2.05, 4.69) is 39.6 Å². The number of hydrogen-bond donors (Lipinski definition) is 2. The van der Waals surface area contributed by atoms with Crippen molar-refractivity contribution in [2.24, 2.45) is 0 Å². The average molecular weight is 695 g/mol. The van der Waals surface area contributed by atoms with E-state index in [0.717, 1.165) is 76.1 Å². The fourth-order valence-corrected chi connectivity index (χ4v) is 7.33. The minimum atomic E-state index is -2.90. The Morgan fingerprint density at radius 3 is 2.46 bits per heavy atom. The van der Waals surface area contributed by atoms with Crippen molar-refractivity contribution in [2.75, 3.05) is 50.8 Å². The SMILES string of the molecule is CNC(=O)CCC(C=O)n1nc(C(F)F)c2cc(C3CCN(CCCSN4CCC(Nc5ncc(OC(F)F)cn5)CC4)CC3)ccc21. The number of aldehydes is 1. The minimum Gasteiger partial charge on any atom is -0.432 e. The molecule has 0 spiro atoms. The van der Waals surface area contributed by atoms with Gasteiger partial charge in [-0.1, -0.05) is 18.0 Å². The van der Waals surface area contributed by atoms with Gasteiger partial charge in [-0.05, 0) is 81.8 Å². The highest BCUT2D eigenvalue weighted by Crippen LogP contribution is 2.35. The summed E-state index contributed by atoms with van der Waals surface area (Å²) in [6.07, 6.45) is 5.42. The number of hydrogen-bond acceptors (Lipinski definition) is 10. The second kappa shape index (κ2) is 17.2. The van der Waals surface area contributed by atoms with Gasteiger partial charge in [-0.3, -0.25) is 13.8 Å². The van der Waals surface area contributed by atoms with Crippen molar-refractivity contribution in [1.29, 1.82) is 0 Å².